The lowest BCUT2D eigenvalue weighted by molar-refractivity contribution is -0.132. The van der Waals surface area contributed by atoms with Crippen molar-refractivity contribution in [3.8, 4) is 0 Å². The Bertz CT molecular complexity index is 1360. The van der Waals surface area contributed by atoms with Gasteiger partial charge in [-0.05, 0) is 74.7 Å². The van der Waals surface area contributed by atoms with Crippen molar-refractivity contribution in [2.45, 2.75) is 33.7 Å². The normalized spacial score (nSPS) is 17.1. The number of aliphatic hydroxyl groups excluding tert-OH is 1. The molecule has 5 nitrogen and oxygen atoms in total. The minimum atomic E-state index is -1.14. The molecule has 1 atom stereocenters. The monoisotopic (exact) mass is 490 g/mol. The van der Waals surface area contributed by atoms with Crippen LogP contribution in [0.5, 0.6) is 0 Å². The Morgan fingerprint density at radius 1 is 0.889 bits per heavy atom. The molecule has 1 fully saturated rings. The molecule has 1 saturated heterocycles. The van der Waals surface area contributed by atoms with E-state index in [0.29, 0.717) is 11.1 Å². The first-order valence-electron chi connectivity index (χ1n) is 11.9. The zero-order valence-corrected chi connectivity index (χ0v) is 20.7. The summed E-state index contributed by atoms with van der Waals surface area (Å²) < 4.78 is 27.8. The highest BCUT2D eigenvalue weighted by Crippen LogP contribution is 2.43. The molecule has 1 N–H and O–H groups in total. The SMILES string of the molecule is CCN(CC)c1ccc(C2/C(=C(\O)c3ccc(C)c(C)c3)C(=O)C(=O)N2c2ccc(F)c(F)c2)cc1. The van der Waals surface area contributed by atoms with Crippen LogP contribution in [0.25, 0.3) is 5.76 Å². The Morgan fingerprint density at radius 2 is 1.56 bits per heavy atom. The average Bonchev–Trinajstić information content (AvgIpc) is 3.13. The summed E-state index contributed by atoms with van der Waals surface area (Å²) in [5, 5.41) is 11.3. The third kappa shape index (κ3) is 4.37. The van der Waals surface area contributed by atoms with Crippen molar-refractivity contribution in [3.05, 3.63) is 100 Å². The zero-order chi connectivity index (χ0) is 26.1. The van der Waals surface area contributed by atoms with Crippen molar-refractivity contribution in [1.29, 1.82) is 0 Å². The number of aryl methyl sites for hydroxylation is 2. The van der Waals surface area contributed by atoms with Gasteiger partial charge in [-0.15, -0.1) is 0 Å². The van der Waals surface area contributed by atoms with E-state index in [9.17, 15) is 23.5 Å². The fourth-order valence-corrected chi connectivity index (χ4v) is 4.55. The molecule has 1 heterocycles. The van der Waals surface area contributed by atoms with Crippen LogP contribution in [0.3, 0.4) is 0 Å². The molecule has 0 saturated carbocycles. The molecule has 3 aromatic carbocycles. The van der Waals surface area contributed by atoms with Gasteiger partial charge in [0.1, 0.15) is 5.76 Å². The maximum absolute atomic E-state index is 14.1. The Labute approximate surface area is 209 Å². The predicted octanol–water partition coefficient (Wildman–Crippen LogP) is 6.05. The maximum atomic E-state index is 14.1. The first kappa shape index (κ1) is 25.1. The molecule has 36 heavy (non-hydrogen) atoms. The molecular formula is C29H28F2N2O3. The van der Waals surface area contributed by atoms with Crippen LogP contribution in [0.4, 0.5) is 20.2 Å². The zero-order valence-electron chi connectivity index (χ0n) is 20.7. The number of amides is 1. The van der Waals surface area contributed by atoms with Crippen molar-refractivity contribution in [2.24, 2.45) is 0 Å². The lowest BCUT2D eigenvalue weighted by Gasteiger charge is -2.27. The molecule has 1 aliphatic rings. The van der Waals surface area contributed by atoms with E-state index < -0.39 is 29.4 Å². The van der Waals surface area contributed by atoms with Crippen molar-refractivity contribution in [2.75, 3.05) is 22.9 Å². The summed E-state index contributed by atoms with van der Waals surface area (Å²) >= 11 is 0. The summed E-state index contributed by atoms with van der Waals surface area (Å²) in [5.74, 6) is -4.35. The van der Waals surface area contributed by atoms with E-state index in [4.69, 9.17) is 0 Å². The van der Waals surface area contributed by atoms with Gasteiger partial charge in [0.2, 0.25) is 0 Å². The largest absolute Gasteiger partial charge is 0.507 e. The number of ketones is 1. The second-order valence-corrected chi connectivity index (χ2v) is 8.83. The third-order valence-corrected chi connectivity index (χ3v) is 6.74. The van der Waals surface area contributed by atoms with Crippen LogP contribution in [0.2, 0.25) is 0 Å². The number of nitrogens with zero attached hydrogens (tertiary/aromatic N) is 2. The quantitative estimate of drug-likeness (QED) is 0.259. The average molecular weight is 491 g/mol. The number of anilines is 2. The van der Waals surface area contributed by atoms with E-state index in [-0.39, 0.29) is 17.0 Å². The first-order valence-corrected chi connectivity index (χ1v) is 11.9. The molecule has 0 bridgehead atoms. The Balaban J connectivity index is 1.92. The maximum Gasteiger partial charge on any atom is 0.300 e. The smallest absolute Gasteiger partial charge is 0.300 e. The van der Waals surface area contributed by atoms with Crippen LogP contribution in [0.15, 0.2) is 66.2 Å². The Kier molecular flexibility index (Phi) is 6.93. The van der Waals surface area contributed by atoms with Crippen LogP contribution in [0, 0.1) is 25.5 Å². The van der Waals surface area contributed by atoms with Gasteiger partial charge in [0.25, 0.3) is 11.7 Å². The fourth-order valence-electron chi connectivity index (χ4n) is 4.55. The van der Waals surface area contributed by atoms with Crippen molar-refractivity contribution in [1.82, 2.24) is 0 Å². The van der Waals surface area contributed by atoms with Gasteiger partial charge in [0, 0.05) is 36.1 Å². The molecule has 1 unspecified atom stereocenters. The summed E-state index contributed by atoms with van der Waals surface area (Å²) in [4.78, 5) is 29.8. The Morgan fingerprint density at radius 3 is 2.14 bits per heavy atom. The molecule has 1 aliphatic heterocycles. The third-order valence-electron chi connectivity index (χ3n) is 6.74. The number of benzene rings is 3. The van der Waals surface area contributed by atoms with E-state index in [1.165, 1.54) is 6.07 Å². The van der Waals surface area contributed by atoms with Crippen LogP contribution in [-0.4, -0.2) is 29.9 Å². The van der Waals surface area contributed by atoms with Gasteiger partial charge >= 0.3 is 0 Å². The number of aliphatic hydroxyl groups is 1. The first-order chi connectivity index (χ1) is 17.2. The molecule has 1 amide bonds. The molecule has 186 valence electrons. The van der Waals surface area contributed by atoms with E-state index >= 15 is 0 Å². The molecule has 0 spiro atoms. The van der Waals surface area contributed by atoms with Gasteiger partial charge in [-0.2, -0.15) is 0 Å². The van der Waals surface area contributed by atoms with E-state index in [1.807, 2.05) is 45.9 Å². The van der Waals surface area contributed by atoms with Gasteiger partial charge < -0.3 is 10.0 Å². The topological polar surface area (TPSA) is 60.9 Å². The number of carbonyl (C=O) groups excluding carboxylic acids is 2. The lowest BCUT2D eigenvalue weighted by atomic mass is 9.94. The lowest BCUT2D eigenvalue weighted by Crippen LogP contribution is -2.29. The molecular weight excluding hydrogens is 462 g/mol. The van der Waals surface area contributed by atoms with Gasteiger partial charge in [-0.1, -0.05) is 24.3 Å². The van der Waals surface area contributed by atoms with E-state index in [2.05, 4.69) is 4.90 Å². The number of rotatable bonds is 6. The number of Topliss-reactive ketones (excluding diaryl/α,β-unsaturated/α-hetero) is 1. The number of halogens is 2. The summed E-state index contributed by atoms with van der Waals surface area (Å²) in [5.41, 5.74) is 3.75. The molecule has 0 radical (unpaired) electrons. The molecule has 3 aromatic rings. The summed E-state index contributed by atoms with van der Waals surface area (Å²) in [6, 6.07) is 14.6. The minimum absolute atomic E-state index is 0.0213. The van der Waals surface area contributed by atoms with Crippen LogP contribution in [-0.2, 0) is 9.59 Å². The fraction of sp³-hybridized carbons (Fsp3) is 0.241. The number of hydrogen-bond acceptors (Lipinski definition) is 4. The second kappa shape index (κ2) is 9.93. The number of hydrogen-bond donors (Lipinski definition) is 1. The van der Waals surface area contributed by atoms with E-state index in [0.717, 1.165) is 46.9 Å². The highest BCUT2D eigenvalue weighted by molar-refractivity contribution is 6.51. The van der Waals surface area contributed by atoms with Crippen molar-refractivity contribution in [3.63, 3.8) is 0 Å². The van der Waals surface area contributed by atoms with Gasteiger partial charge in [-0.3, -0.25) is 14.5 Å². The molecule has 4 rings (SSSR count). The standard InChI is InChI=1S/C29H28F2N2O3/c1-5-32(6-2)21-11-9-19(10-12-21)26-25(27(34)20-8-7-17(3)18(4)15-20)28(35)29(36)33(26)22-13-14-23(30)24(31)16-22/h7-16,26,34H,5-6H2,1-4H3/b27-25+. The number of carbonyl (C=O) groups is 2. The van der Waals surface area contributed by atoms with E-state index in [1.54, 1.807) is 24.3 Å². The van der Waals surface area contributed by atoms with Gasteiger partial charge in [0.05, 0.1) is 11.6 Å². The predicted molar refractivity (Wildman–Crippen MR) is 137 cm³/mol. The highest BCUT2D eigenvalue weighted by atomic mass is 19.2. The van der Waals surface area contributed by atoms with Crippen LogP contribution in [0.1, 0.15) is 42.1 Å². The molecule has 7 heteroatoms. The molecule has 0 aliphatic carbocycles. The highest BCUT2D eigenvalue weighted by Gasteiger charge is 2.47. The second-order valence-electron chi connectivity index (χ2n) is 8.83. The van der Waals surface area contributed by atoms with Crippen molar-refractivity contribution >= 4 is 28.8 Å². The van der Waals surface area contributed by atoms with Gasteiger partial charge in [0.15, 0.2) is 11.6 Å². The van der Waals surface area contributed by atoms with Crippen LogP contribution < -0.4 is 9.80 Å². The summed E-state index contributed by atoms with van der Waals surface area (Å²) in [6.07, 6.45) is 0. The minimum Gasteiger partial charge on any atom is -0.507 e. The summed E-state index contributed by atoms with van der Waals surface area (Å²) in [7, 11) is 0. The summed E-state index contributed by atoms with van der Waals surface area (Å²) in [6.45, 7) is 9.50. The Hall–Kier alpha value is -4.00. The van der Waals surface area contributed by atoms with Crippen LogP contribution >= 0.6 is 0 Å². The van der Waals surface area contributed by atoms with Gasteiger partial charge in [-0.25, -0.2) is 8.78 Å². The van der Waals surface area contributed by atoms with Crippen molar-refractivity contribution < 1.29 is 23.5 Å². The molecule has 0 aromatic heterocycles.